The molecule has 1 fully saturated rings. The normalized spacial score (nSPS) is 18.5. The van der Waals surface area contributed by atoms with Gasteiger partial charge in [-0.1, -0.05) is 12.1 Å². The number of phenols is 1. The summed E-state index contributed by atoms with van der Waals surface area (Å²) >= 11 is 0. The van der Waals surface area contributed by atoms with Crippen molar-refractivity contribution in [3.63, 3.8) is 0 Å². The van der Waals surface area contributed by atoms with Crippen LogP contribution in [0.15, 0.2) is 24.3 Å². The molecule has 70 valence electrons. The van der Waals surface area contributed by atoms with Crippen LogP contribution in [0.4, 0.5) is 0 Å². The maximum absolute atomic E-state index is 9.12. The summed E-state index contributed by atoms with van der Waals surface area (Å²) in [5, 5.41) is 9.12. The Morgan fingerprint density at radius 2 is 1.92 bits per heavy atom. The van der Waals surface area contributed by atoms with Gasteiger partial charge in [0, 0.05) is 5.41 Å². The van der Waals surface area contributed by atoms with Gasteiger partial charge in [-0.25, -0.2) is 5.90 Å². The Balaban J connectivity index is 2.20. The average molecular weight is 179 g/mol. The molecule has 1 aromatic carbocycles. The SMILES string of the molecule is NOCC1(c2ccc(O)cc2)CC1. The van der Waals surface area contributed by atoms with Crippen LogP contribution in [0.25, 0.3) is 0 Å². The molecule has 1 aliphatic carbocycles. The highest BCUT2D eigenvalue weighted by molar-refractivity contribution is 5.35. The fourth-order valence-corrected chi connectivity index (χ4v) is 1.64. The highest BCUT2D eigenvalue weighted by atomic mass is 16.6. The van der Waals surface area contributed by atoms with Gasteiger partial charge in [0.1, 0.15) is 5.75 Å². The van der Waals surface area contributed by atoms with Crippen molar-refractivity contribution in [1.82, 2.24) is 0 Å². The Hall–Kier alpha value is -1.06. The van der Waals surface area contributed by atoms with Crippen molar-refractivity contribution in [3.05, 3.63) is 29.8 Å². The number of rotatable bonds is 3. The third kappa shape index (κ3) is 1.53. The molecule has 3 heteroatoms. The zero-order chi connectivity index (χ0) is 9.31. The minimum Gasteiger partial charge on any atom is -0.508 e. The minimum atomic E-state index is 0.127. The van der Waals surface area contributed by atoms with Crippen molar-refractivity contribution < 1.29 is 9.94 Å². The van der Waals surface area contributed by atoms with E-state index in [2.05, 4.69) is 0 Å². The first-order chi connectivity index (χ1) is 6.27. The second kappa shape index (κ2) is 3.01. The summed E-state index contributed by atoms with van der Waals surface area (Å²) in [4.78, 5) is 4.69. The van der Waals surface area contributed by atoms with Crippen LogP contribution in [-0.2, 0) is 10.3 Å². The Labute approximate surface area is 77.1 Å². The van der Waals surface area contributed by atoms with E-state index in [1.54, 1.807) is 12.1 Å². The van der Waals surface area contributed by atoms with Crippen molar-refractivity contribution >= 4 is 0 Å². The lowest BCUT2D eigenvalue weighted by molar-refractivity contribution is 0.116. The third-order valence-corrected chi connectivity index (χ3v) is 2.69. The predicted molar refractivity (Wildman–Crippen MR) is 49.2 cm³/mol. The summed E-state index contributed by atoms with van der Waals surface area (Å²) in [7, 11) is 0. The first kappa shape index (κ1) is 8.53. The number of hydrogen-bond acceptors (Lipinski definition) is 3. The van der Waals surface area contributed by atoms with Gasteiger partial charge in [0.2, 0.25) is 0 Å². The molecule has 1 saturated carbocycles. The molecule has 3 N–H and O–H groups in total. The number of nitrogens with two attached hydrogens (primary N) is 1. The molecular weight excluding hydrogens is 166 g/mol. The average Bonchev–Trinajstić information content (AvgIpc) is 2.87. The van der Waals surface area contributed by atoms with Crippen LogP contribution in [0, 0.1) is 0 Å². The molecule has 0 aliphatic heterocycles. The van der Waals surface area contributed by atoms with Crippen molar-refractivity contribution in [2.75, 3.05) is 6.61 Å². The van der Waals surface area contributed by atoms with Gasteiger partial charge in [0.15, 0.2) is 0 Å². The molecular formula is C10H13NO2. The molecule has 1 aromatic rings. The van der Waals surface area contributed by atoms with Gasteiger partial charge >= 0.3 is 0 Å². The summed E-state index contributed by atoms with van der Waals surface area (Å²) in [5.74, 6) is 5.37. The van der Waals surface area contributed by atoms with E-state index >= 15 is 0 Å². The van der Waals surface area contributed by atoms with Crippen LogP contribution in [0.1, 0.15) is 18.4 Å². The van der Waals surface area contributed by atoms with Gasteiger partial charge in [-0.2, -0.15) is 0 Å². The highest BCUT2D eigenvalue weighted by Crippen LogP contribution is 2.48. The lowest BCUT2D eigenvalue weighted by atomic mass is 9.97. The van der Waals surface area contributed by atoms with Crippen LogP contribution in [0.3, 0.4) is 0 Å². The molecule has 0 unspecified atom stereocenters. The Morgan fingerprint density at radius 1 is 1.31 bits per heavy atom. The first-order valence-corrected chi connectivity index (χ1v) is 4.38. The number of aromatic hydroxyl groups is 1. The van der Waals surface area contributed by atoms with E-state index in [9.17, 15) is 0 Å². The fraction of sp³-hybridized carbons (Fsp3) is 0.400. The second-order valence-corrected chi connectivity index (χ2v) is 3.64. The number of hydrogen-bond donors (Lipinski definition) is 2. The van der Waals surface area contributed by atoms with Gasteiger partial charge < -0.3 is 9.94 Å². The molecule has 0 heterocycles. The lowest BCUT2D eigenvalue weighted by Crippen LogP contribution is -2.17. The fourth-order valence-electron chi connectivity index (χ4n) is 1.64. The predicted octanol–water partition coefficient (Wildman–Crippen LogP) is 1.31. The molecule has 13 heavy (non-hydrogen) atoms. The molecule has 0 aromatic heterocycles. The lowest BCUT2D eigenvalue weighted by Gasteiger charge is -2.13. The van der Waals surface area contributed by atoms with E-state index in [-0.39, 0.29) is 5.41 Å². The maximum atomic E-state index is 9.12. The van der Waals surface area contributed by atoms with Crippen molar-refractivity contribution in [3.8, 4) is 5.75 Å². The molecule has 0 amide bonds. The summed E-state index contributed by atoms with van der Waals surface area (Å²) in [5.41, 5.74) is 1.33. The standard InChI is InChI=1S/C10H13NO2/c11-13-7-10(5-6-10)8-1-3-9(12)4-2-8/h1-4,12H,5-7,11H2. The Morgan fingerprint density at radius 3 is 2.38 bits per heavy atom. The van der Waals surface area contributed by atoms with Gasteiger partial charge in [0.25, 0.3) is 0 Å². The zero-order valence-electron chi connectivity index (χ0n) is 7.36. The van der Waals surface area contributed by atoms with Gasteiger partial charge in [-0.3, -0.25) is 0 Å². The van der Waals surface area contributed by atoms with E-state index in [1.807, 2.05) is 12.1 Å². The van der Waals surface area contributed by atoms with E-state index in [0.717, 1.165) is 12.8 Å². The first-order valence-electron chi connectivity index (χ1n) is 4.38. The van der Waals surface area contributed by atoms with Crippen LogP contribution in [-0.4, -0.2) is 11.7 Å². The van der Waals surface area contributed by atoms with Gasteiger partial charge in [-0.05, 0) is 30.5 Å². The molecule has 0 saturated heterocycles. The quantitative estimate of drug-likeness (QED) is 0.688. The second-order valence-electron chi connectivity index (χ2n) is 3.64. The zero-order valence-corrected chi connectivity index (χ0v) is 7.36. The Kier molecular flexibility index (Phi) is 1.98. The monoisotopic (exact) mass is 179 g/mol. The van der Waals surface area contributed by atoms with E-state index in [4.69, 9.17) is 15.8 Å². The van der Waals surface area contributed by atoms with Crippen LogP contribution < -0.4 is 5.90 Å². The summed E-state index contributed by atoms with van der Waals surface area (Å²) in [6.07, 6.45) is 2.24. The summed E-state index contributed by atoms with van der Waals surface area (Å²) in [6, 6.07) is 7.26. The van der Waals surface area contributed by atoms with E-state index < -0.39 is 0 Å². The van der Waals surface area contributed by atoms with Crippen LogP contribution >= 0.6 is 0 Å². The van der Waals surface area contributed by atoms with Crippen LogP contribution in [0.5, 0.6) is 5.75 Å². The van der Waals surface area contributed by atoms with Crippen molar-refractivity contribution in [2.24, 2.45) is 5.90 Å². The molecule has 3 nitrogen and oxygen atoms in total. The van der Waals surface area contributed by atoms with Crippen molar-refractivity contribution in [1.29, 1.82) is 0 Å². The summed E-state index contributed by atoms with van der Waals surface area (Å²) < 4.78 is 0. The number of phenolic OH excluding ortho intramolecular Hbond substituents is 1. The van der Waals surface area contributed by atoms with E-state index in [1.165, 1.54) is 5.56 Å². The van der Waals surface area contributed by atoms with Gasteiger partial charge in [0.05, 0.1) is 6.61 Å². The molecule has 0 radical (unpaired) electrons. The molecule has 0 spiro atoms. The molecule has 0 atom stereocenters. The molecule has 1 aliphatic rings. The Bertz CT molecular complexity index is 290. The van der Waals surface area contributed by atoms with E-state index in [0.29, 0.717) is 12.4 Å². The maximum Gasteiger partial charge on any atom is 0.115 e. The molecule has 0 bridgehead atoms. The smallest absolute Gasteiger partial charge is 0.115 e. The topological polar surface area (TPSA) is 55.5 Å². The molecule has 2 rings (SSSR count). The number of benzene rings is 1. The van der Waals surface area contributed by atoms with Crippen molar-refractivity contribution in [2.45, 2.75) is 18.3 Å². The van der Waals surface area contributed by atoms with Crippen LogP contribution in [0.2, 0.25) is 0 Å². The highest BCUT2D eigenvalue weighted by Gasteiger charge is 2.44. The summed E-state index contributed by atoms with van der Waals surface area (Å²) in [6.45, 7) is 0.567. The largest absolute Gasteiger partial charge is 0.508 e. The third-order valence-electron chi connectivity index (χ3n) is 2.69. The van der Waals surface area contributed by atoms with Gasteiger partial charge in [-0.15, -0.1) is 0 Å². The minimum absolute atomic E-state index is 0.127.